The zero-order chi connectivity index (χ0) is 31.9. The van der Waals surface area contributed by atoms with E-state index in [-0.39, 0.29) is 11.4 Å². The van der Waals surface area contributed by atoms with Gasteiger partial charge in [0.2, 0.25) is 11.8 Å². The van der Waals surface area contributed by atoms with Crippen LogP contribution >= 0.6 is 0 Å². The number of nitriles is 1. The summed E-state index contributed by atoms with van der Waals surface area (Å²) in [7, 11) is -1.07. The van der Waals surface area contributed by atoms with Crippen molar-refractivity contribution in [2.45, 2.75) is 10.4 Å². The molecule has 3 aromatic heterocycles. The van der Waals surface area contributed by atoms with Gasteiger partial charge >= 0.3 is 0 Å². The predicted octanol–water partition coefficient (Wildman–Crippen LogP) is 4.19. The van der Waals surface area contributed by atoms with Gasteiger partial charge in [-0.05, 0) is 48.5 Å². The highest BCUT2D eigenvalue weighted by Gasteiger charge is 2.54. The number of rotatable bonds is 7. The number of hydrogen-bond donors (Lipinski definition) is 0. The average molecular weight is 634 g/mol. The molecule has 5 aromatic rings. The summed E-state index contributed by atoms with van der Waals surface area (Å²) in [5.41, 5.74) is 2.68. The molecule has 1 unspecified atom stereocenters. The fraction of sp³-hybridized carbons (Fsp3) is 0.235. The van der Waals surface area contributed by atoms with Crippen LogP contribution in [-0.4, -0.2) is 75.2 Å². The number of anilines is 2. The summed E-state index contributed by atoms with van der Waals surface area (Å²) >= 11 is 0. The average Bonchev–Trinajstić information content (AvgIpc) is 3.47. The number of fused-ring (bicyclic) bond motifs is 2. The summed E-state index contributed by atoms with van der Waals surface area (Å²) in [5, 5.41) is 10.7. The van der Waals surface area contributed by atoms with E-state index in [4.69, 9.17) is 9.47 Å². The van der Waals surface area contributed by atoms with Gasteiger partial charge in [-0.25, -0.2) is 8.42 Å². The molecule has 11 nitrogen and oxygen atoms in total. The first-order chi connectivity index (χ1) is 22.4. The minimum absolute atomic E-state index is 0.0302. The molecule has 0 aliphatic carbocycles. The van der Waals surface area contributed by atoms with Crippen molar-refractivity contribution in [3.05, 3.63) is 108 Å². The largest absolute Gasteiger partial charge is 0.481 e. The van der Waals surface area contributed by atoms with Crippen molar-refractivity contribution in [1.29, 1.82) is 5.26 Å². The molecule has 12 heteroatoms. The van der Waals surface area contributed by atoms with Crippen LogP contribution in [0.2, 0.25) is 0 Å². The van der Waals surface area contributed by atoms with Crippen molar-refractivity contribution in [1.82, 2.24) is 19.9 Å². The lowest BCUT2D eigenvalue weighted by atomic mass is 9.82. The van der Waals surface area contributed by atoms with Crippen LogP contribution < -0.4 is 18.7 Å². The van der Waals surface area contributed by atoms with E-state index in [2.05, 4.69) is 30.8 Å². The molecule has 0 saturated carbocycles. The Morgan fingerprint density at radius 2 is 1.65 bits per heavy atom. The quantitative estimate of drug-likeness (QED) is 0.258. The fourth-order valence-electron chi connectivity index (χ4n) is 6.73. The minimum atomic E-state index is -4.14. The molecule has 0 radical (unpaired) electrons. The molecule has 0 spiro atoms. The number of pyridine rings is 3. The van der Waals surface area contributed by atoms with Crippen LogP contribution in [0.5, 0.6) is 11.8 Å². The maximum Gasteiger partial charge on any atom is 0.266 e. The van der Waals surface area contributed by atoms with Gasteiger partial charge in [0.1, 0.15) is 4.90 Å². The molecular formula is C34H31N7O4S. The zero-order valence-electron chi connectivity index (χ0n) is 25.4. The predicted molar refractivity (Wildman–Crippen MR) is 174 cm³/mol. The van der Waals surface area contributed by atoms with Gasteiger partial charge < -0.3 is 14.4 Å². The summed E-state index contributed by atoms with van der Waals surface area (Å²) in [6.45, 7) is 2.59. The van der Waals surface area contributed by atoms with Crippen molar-refractivity contribution in [3.63, 3.8) is 0 Å². The van der Waals surface area contributed by atoms with Crippen LogP contribution in [0.15, 0.2) is 96.3 Å². The molecule has 2 aliphatic heterocycles. The van der Waals surface area contributed by atoms with Crippen LogP contribution in [0.4, 0.5) is 11.4 Å². The molecule has 0 bridgehead atoms. The maximum atomic E-state index is 14.8. The fourth-order valence-corrected chi connectivity index (χ4v) is 8.41. The van der Waals surface area contributed by atoms with E-state index in [1.165, 1.54) is 18.5 Å². The Labute approximate surface area is 267 Å². The smallest absolute Gasteiger partial charge is 0.266 e. The topological polar surface area (TPSA) is 125 Å². The van der Waals surface area contributed by atoms with Crippen LogP contribution in [-0.2, 0) is 15.6 Å². The van der Waals surface area contributed by atoms with Crippen molar-refractivity contribution < 1.29 is 17.9 Å². The highest BCUT2D eigenvalue weighted by molar-refractivity contribution is 7.93. The number of para-hydroxylation sites is 1. The van der Waals surface area contributed by atoms with Crippen molar-refractivity contribution in [3.8, 4) is 17.8 Å². The molecular weight excluding hydrogens is 602 g/mol. The van der Waals surface area contributed by atoms with Crippen molar-refractivity contribution in [2.24, 2.45) is 0 Å². The molecule has 1 fully saturated rings. The lowest BCUT2D eigenvalue weighted by Crippen LogP contribution is -2.58. The molecule has 1 saturated heterocycles. The highest BCUT2D eigenvalue weighted by atomic mass is 32.2. The lowest BCUT2D eigenvalue weighted by molar-refractivity contribution is 0.124. The van der Waals surface area contributed by atoms with Gasteiger partial charge in [-0.15, -0.1) is 0 Å². The number of aromatic nitrogens is 3. The maximum absolute atomic E-state index is 14.8. The molecule has 0 amide bonds. The van der Waals surface area contributed by atoms with Gasteiger partial charge in [0.05, 0.1) is 49.1 Å². The van der Waals surface area contributed by atoms with Crippen LogP contribution in [0.1, 0.15) is 16.7 Å². The third-order valence-corrected chi connectivity index (χ3v) is 10.7. The van der Waals surface area contributed by atoms with Crippen LogP contribution in [0, 0.1) is 11.3 Å². The van der Waals surface area contributed by atoms with E-state index in [1.54, 1.807) is 61.1 Å². The molecule has 232 valence electrons. The van der Waals surface area contributed by atoms with Gasteiger partial charge in [-0.3, -0.25) is 19.2 Å². The van der Waals surface area contributed by atoms with E-state index in [1.807, 2.05) is 30.3 Å². The Kier molecular flexibility index (Phi) is 7.43. The van der Waals surface area contributed by atoms with E-state index in [0.29, 0.717) is 65.8 Å². The monoisotopic (exact) mass is 633 g/mol. The number of methoxy groups -OCH3 is 2. The van der Waals surface area contributed by atoms with Gasteiger partial charge in [0.15, 0.2) is 0 Å². The second-order valence-corrected chi connectivity index (χ2v) is 13.0. The number of nitrogens with zero attached hydrogens (tertiary/aromatic N) is 7. The Balaban J connectivity index is 1.43. The Morgan fingerprint density at radius 3 is 2.39 bits per heavy atom. The Morgan fingerprint density at radius 1 is 0.870 bits per heavy atom. The molecule has 0 N–H and O–H groups in total. The van der Waals surface area contributed by atoms with Crippen LogP contribution in [0.3, 0.4) is 0 Å². The third kappa shape index (κ3) is 4.67. The summed E-state index contributed by atoms with van der Waals surface area (Å²) in [6, 6.07) is 23.8. The van der Waals surface area contributed by atoms with Gasteiger partial charge in [0.25, 0.3) is 10.0 Å². The molecule has 2 aromatic carbocycles. The number of ether oxygens (including phenoxy) is 2. The first kappa shape index (κ1) is 29.5. The Hall–Kier alpha value is -5.25. The number of benzene rings is 2. The first-order valence-electron chi connectivity index (χ1n) is 14.8. The normalized spacial score (nSPS) is 18.3. The van der Waals surface area contributed by atoms with E-state index < -0.39 is 15.6 Å². The van der Waals surface area contributed by atoms with E-state index in [0.717, 1.165) is 11.1 Å². The Bertz CT molecular complexity index is 2070. The van der Waals surface area contributed by atoms with Gasteiger partial charge in [-0.1, -0.05) is 18.2 Å². The second-order valence-electron chi connectivity index (χ2n) is 11.1. The molecule has 2 aliphatic rings. The zero-order valence-corrected chi connectivity index (χ0v) is 26.2. The number of sulfonamides is 1. The third-order valence-electron chi connectivity index (χ3n) is 8.91. The number of hydrogen-bond acceptors (Lipinski definition) is 10. The highest BCUT2D eigenvalue weighted by Crippen LogP contribution is 2.52. The molecule has 5 heterocycles. The number of piperazine rings is 1. The molecule has 7 rings (SSSR count). The molecule has 1 atom stereocenters. The minimum Gasteiger partial charge on any atom is -0.481 e. The summed E-state index contributed by atoms with van der Waals surface area (Å²) in [4.78, 5) is 17.9. The standard InChI is InChI=1S/C34H31N7O4S/c1-44-31-11-9-27(33(38-31)45-2)34(40-19-17-39(18-20-40)26-12-15-36-16-13-26)23-41(29-10-8-24(22-35)21-28(29)34)46(42,43)30-7-3-5-25-6-4-14-37-32(25)30/h3-16,21H,17-20,23H2,1-2H3. The van der Waals surface area contributed by atoms with E-state index >= 15 is 0 Å². The summed E-state index contributed by atoms with van der Waals surface area (Å²) in [5.74, 6) is 0.684. The lowest BCUT2D eigenvalue weighted by Gasteiger charge is -2.47. The van der Waals surface area contributed by atoms with Gasteiger partial charge in [-0.2, -0.15) is 10.2 Å². The van der Waals surface area contributed by atoms with Crippen molar-refractivity contribution in [2.75, 3.05) is 56.1 Å². The SMILES string of the molecule is COc1ccc(C2(N3CCN(c4ccncc4)CC3)CN(S(=O)(=O)c3cccc4cccnc34)c3ccc(C#N)cc32)c(OC)n1. The molecule has 46 heavy (non-hydrogen) atoms. The van der Waals surface area contributed by atoms with E-state index in [9.17, 15) is 13.7 Å². The summed E-state index contributed by atoms with van der Waals surface area (Å²) < 4.78 is 42.3. The summed E-state index contributed by atoms with van der Waals surface area (Å²) in [6.07, 6.45) is 5.15. The second kappa shape index (κ2) is 11.6. The van der Waals surface area contributed by atoms with Crippen molar-refractivity contribution >= 4 is 32.3 Å². The first-order valence-corrected chi connectivity index (χ1v) is 16.3. The van der Waals surface area contributed by atoms with Crippen LogP contribution in [0.25, 0.3) is 10.9 Å². The van der Waals surface area contributed by atoms with Gasteiger partial charge in [0, 0.05) is 73.0 Å².